The van der Waals surface area contributed by atoms with E-state index in [-0.39, 0.29) is 16.5 Å². The second-order valence-electron chi connectivity index (χ2n) is 6.16. The first-order valence-corrected chi connectivity index (χ1v) is 10.5. The van der Waals surface area contributed by atoms with Gasteiger partial charge in [-0.2, -0.15) is 0 Å². The Morgan fingerprint density at radius 3 is 2.38 bits per heavy atom. The van der Waals surface area contributed by atoms with E-state index in [1.54, 1.807) is 44.3 Å². The molecule has 3 rings (SSSR count). The van der Waals surface area contributed by atoms with Crippen LogP contribution in [0.3, 0.4) is 0 Å². The molecule has 1 N–H and O–H groups in total. The van der Waals surface area contributed by atoms with Crippen LogP contribution in [0, 0.1) is 18.6 Å². The quantitative estimate of drug-likeness (QED) is 0.729. The first-order valence-electron chi connectivity index (χ1n) is 7.52. The minimum atomic E-state index is -2.94. The van der Waals surface area contributed by atoms with Gasteiger partial charge in [0.2, 0.25) is 8.32 Å². The Balaban J connectivity index is 2.12. The number of ether oxygens (including phenoxy) is 1. The molecule has 0 aliphatic carbocycles. The zero-order chi connectivity index (χ0) is 17.5. The zero-order valence-corrected chi connectivity index (χ0v) is 14.6. The fourth-order valence-corrected chi connectivity index (χ4v) is 4.04. The summed E-state index contributed by atoms with van der Waals surface area (Å²) in [6.45, 7) is 4.94. The van der Waals surface area contributed by atoms with Crippen molar-refractivity contribution >= 4 is 24.4 Å². The molecule has 0 spiro atoms. The van der Waals surface area contributed by atoms with Crippen LogP contribution >= 0.6 is 0 Å². The molecule has 0 saturated carbocycles. The maximum absolute atomic E-state index is 14.2. The lowest BCUT2D eigenvalue weighted by atomic mass is 10.2. The van der Waals surface area contributed by atoms with Crippen molar-refractivity contribution in [1.82, 2.24) is 4.98 Å². The lowest BCUT2D eigenvalue weighted by Gasteiger charge is -2.20. The number of aromatic nitrogens is 1. The normalized spacial score (nSPS) is 11.8. The molecular formula is C18H17F2NO2Si. The highest BCUT2D eigenvalue weighted by atomic mass is 28.4. The van der Waals surface area contributed by atoms with Crippen molar-refractivity contribution < 1.29 is 18.3 Å². The van der Waals surface area contributed by atoms with Crippen LogP contribution in [0.1, 0.15) is 5.69 Å². The van der Waals surface area contributed by atoms with E-state index in [1.807, 2.05) is 0 Å². The van der Waals surface area contributed by atoms with Gasteiger partial charge in [0.05, 0.1) is 5.69 Å². The Morgan fingerprint density at radius 2 is 1.67 bits per heavy atom. The van der Waals surface area contributed by atoms with E-state index in [0.717, 1.165) is 0 Å². The molecule has 3 aromatic rings. The average Bonchev–Trinajstić information content (AvgIpc) is 2.48. The van der Waals surface area contributed by atoms with Crippen molar-refractivity contribution in [2.24, 2.45) is 0 Å². The largest absolute Gasteiger partial charge is 0.455 e. The predicted molar refractivity (Wildman–Crippen MR) is 92.2 cm³/mol. The van der Waals surface area contributed by atoms with E-state index in [0.29, 0.717) is 16.8 Å². The van der Waals surface area contributed by atoms with Crippen LogP contribution in [0.4, 0.5) is 8.78 Å². The fraction of sp³-hybridized carbons (Fsp3) is 0.167. The summed E-state index contributed by atoms with van der Waals surface area (Å²) in [4.78, 5) is 14.6. The van der Waals surface area contributed by atoms with Crippen molar-refractivity contribution in [3.63, 3.8) is 0 Å². The number of aryl methyl sites for hydroxylation is 1. The van der Waals surface area contributed by atoms with Gasteiger partial charge >= 0.3 is 0 Å². The van der Waals surface area contributed by atoms with Crippen molar-refractivity contribution in [2.45, 2.75) is 20.0 Å². The number of nitrogens with zero attached hydrogens (tertiary/aromatic N) is 1. The Labute approximate surface area is 139 Å². The third kappa shape index (κ3) is 3.02. The average molecular weight is 345 g/mol. The van der Waals surface area contributed by atoms with E-state index in [1.165, 1.54) is 18.2 Å². The van der Waals surface area contributed by atoms with Gasteiger partial charge < -0.3 is 9.53 Å². The maximum Gasteiger partial charge on any atom is 0.221 e. The first kappa shape index (κ1) is 16.5. The van der Waals surface area contributed by atoms with Gasteiger partial charge in [0.25, 0.3) is 0 Å². The highest BCUT2D eigenvalue weighted by Crippen LogP contribution is 2.29. The molecule has 6 heteroatoms. The smallest absolute Gasteiger partial charge is 0.221 e. The predicted octanol–water partition coefficient (Wildman–Crippen LogP) is 4.02. The summed E-state index contributed by atoms with van der Waals surface area (Å²) in [7, 11) is -2.94. The molecular weight excluding hydrogens is 328 g/mol. The van der Waals surface area contributed by atoms with Crippen molar-refractivity contribution in [3.8, 4) is 11.5 Å². The van der Waals surface area contributed by atoms with Crippen LogP contribution in [-0.2, 0) is 0 Å². The van der Waals surface area contributed by atoms with Crippen LogP contribution in [-0.4, -0.2) is 18.1 Å². The highest BCUT2D eigenvalue weighted by Gasteiger charge is 2.29. The Kier molecular flexibility index (Phi) is 4.11. The third-order valence-electron chi connectivity index (χ3n) is 3.75. The van der Waals surface area contributed by atoms with Gasteiger partial charge in [0.15, 0.2) is 0 Å². The molecule has 2 aromatic carbocycles. The van der Waals surface area contributed by atoms with Crippen LogP contribution in [0.15, 0.2) is 42.5 Å². The molecule has 0 fully saturated rings. The maximum atomic E-state index is 14.2. The third-order valence-corrected chi connectivity index (χ3v) is 5.46. The Bertz CT molecular complexity index is 923. The molecule has 1 heterocycles. The van der Waals surface area contributed by atoms with Gasteiger partial charge in [-0.15, -0.1) is 0 Å². The van der Waals surface area contributed by atoms with Crippen LogP contribution in [0.25, 0.3) is 10.9 Å². The molecule has 0 aliphatic heterocycles. The summed E-state index contributed by atoms with van der Waals surface area (Å²) in [5.41, 5.74) is 0.749. The highest BCUT2D eigenvalue weighted by molar-refractivity contribution is 6.84. The first-order chi connectivity index (χ1) is 11.3. The number of halogens is 2. The van der Waals surface area contributed by atoms with Crippen LogP contribution in [0.2, 0.25) is 13.1 Å². The minimum absolute atomic E-state index is 0.198. The summed E-state index contributed by atoms with van der Waals surface area (Å²) in [5, 5.41) is 0.790. The molecule has 0 saturated heterocycles. The van der Waals surface area contributed by atoms with Gasteiger partial charge in [0, 0.05) is 10.6 Å². The molecule has 0 unspecified atom stereocenters. The molecule has 124 valence electrons. The molecule has 1 aromatic heterocycles. The van der Waals surface area contributed by atoms with Crippen molar-refractivity contribution in [2.75, 3.05) is 0 Å². The van der Waals surface area contributed by atoms with Gasteiger partial charge in [-0.25, -0.2) is 13.8 Å². The fourth-order valence-electron chi connectivity index (χ4n) is 2.64. The summed E-state index contributed by atoms with van der Waals surface area (Å²) in [5.74, 6) is -0.241. The van der Waals surface area contributed by atoms with E-state index in [9.17, 15) is 13.6 Å². The Morgan fingerprint density at radius 1 is 1.00 bits per heavy atom. The lowest BCUT2D eigenvalue weighted by Crippen LogP contribution is -2.44. The summed E-state index contributed by atoms with van der Waals surface area (Å²) < 4.78 is 33.8. The number of benzene rings is 2. The number of fused-ring (bicyclic) bond motifs is 1. The summed E-state index contributed by atoms with van der Waals surface area (Å²) in [6, 6.07) is 10.8. The monoisotopic (exact) mass is 345 g/mol. The SMILES string of the molecule is Cc1nc2c(F)cccc2cc1Oc1cccc(F)c1[Si](C)(C)O. The summed E-state index contributed by atoms with van der Waals surface area (Å²) in [6.07, 6.45) is 0. The molecule has 0 bridgehead atoms. The van der Waals surface area contributed by atoms with Gasteiger partial charge in [0.1, 0.15) is 28.7 Å². The van der Waals surface area contributed by atoms with Gasteiger partial charge in [-0.05, 0) is 44.3 Å². The van der Waals surface area contributed by atoms with Crippen molar-refractivity contribution in [1.29, 1.82) is 0 Å². The molecule has 0 radical (unpaired) electrons. The van der Waals surface area contributed by atoms with E-state index >= 15 is 0 Å². The molecule has 0 amide bonds. The number of rotatable bonds is 3. The lowest BCUT2D eigenvalue weighted by molar-refractivity contribution is 0.472. The van der Waals surface area contributed by atoms with Gasteiger partial charge in [-0.1, -0.05) is 18.2 Å². The molecule has 0 aliphatic rings. The standard InChI is InChI=1S/C18H17F2NO2Si/c1-11-16(10-12-6-4-7-13(19)17(12)21-11)23-15-9-5-8-14(20)18(15)24(2,3)22/h4-10,22H,1-3H3. The minimum Gasteiger partial charge on any atom is -0.455 e. The van der Waals surface area contributed by atoms with E-state index in [4.69, 9.17) is 4.74 Å². The number of hydrogen-bond acceptors (Lipinski definition) is 3. The number of pyridine rings is 1. The molecule has 3 nitrogen and oxygen atoms in total. The number of para-hydroxylation sites is 1. The van der Waals surface area contributed by atoms with Crippen molar-refractivity contribution in [3.05, 3.63) is 59.8 Å². The van der Waals surface area contributed by atoms with Gasteiger partial charge in [-0.3, -0.25) is 0 Å². The topological polar surface area (TPSA) is 42.4 Å². The zero-order valence-electron chi connectivity index (χ0n) is 13.6. The number of hydrogen-bond donors (Lipinski definition) is 1. The Hall–Kier alpha value is -2.31. The summed E-state index contributed by atoms with van der Waals surface area (Å²) >= 11 is 0. The van der Waals surface area contributed by atoms with E-state index in [2.05, 4.69) is 4.98 Å². The molecule has 24 heavy (non-hydrogen) atoms. The second-order valence-corrected chi connectivity index (χ2v) is 9.78. The molecule has 0 atom stereocenters. The van der Waals surface area contributed by atoms with E-state index < -0.39 is 20.0 Å². The van der Waals surface area contributed by atoms with Crippen LogP contribution in [0.5, 0.6) is 11.5 Å². The van der Waals surface area contributed by atoms with Crippen LogP contribution < -0.4 is 9.92 Å². The second kappa shape index (κ2) is 5.96.